The Labute approximate surface area is 130 Å². The summed E-state index contributed by atoms with van der Waals surface area (Å²) in [6.45, 7) is 3.37. The topological polar surface area (TPSA) is 54.9 Å². The average molecular weight is 309 g/mol. The zero-order valence-electron chi connectivity index (χ0n) is 13.0. The lowest BCUT2D eigenvalue weighted by atomic mass is 10.2. The normalized spacial score (nSPS) is 18.5. The first-order valence-corrected chi connectivity index (χ1v) is 7.67. The van der Waals surface area contributed by atoms with Gasteiger partial charge in [-0.25, -0.2) is 4.39 Å². The van der Waals surface area contributed by atoms with E-state index < -0.39 is 0 Å². The maximum absolute atomic E-state index is 13.5. The molecule has 1 saturated heterocycles. The van der Waals surface area contributed by atoms with E-state index in [2.05, 4.69) is 15.6 Å². The molecule has 1 aromatic rings. The first-order chi connectivity index (χ1) is 10.8. The summed E-state index contributed by atoms with van der Waals surface area (Å²) in [4.78, 5) is 4.12. The number of guanidine groups is 1. The van der Waals surface area contributed by atoms with E-state index in [-0.39, 0.29) is 11.9 Å². The van der Waals surface area contributed by atoms with Gasteiger partial charge in [-0.15, -0.1) is 0 Å². The van der Waals surface area contributed by atoms with E-state index in [4.69, 9.17) is 9.47 Å². The number of rotatable bonds is 7. The zero-order chi connectivity index (χ0) is 15.6. The number of nitrogens with zero attached hydrogens (tertiary/aromatic N) is 1. The van der Waals surface area contributed by atoms with Gasteiger partial charge in [0.1, 0.15) is 5.82 Å². The molecule has 0 aliphatic carbocycles. The molecule has 1 aliphatic heterocycles. The van der Waals surface area contributed by atoms with E-state index in [1.165, 1.54) is 6.07 Å². The van der Waals surface area contributed by atoms with Crippen LogP contribution in [0.15, 0.2) is 29.3 Å². The van der Waals surface area contributed by atoms with Crippen LogP contribution >= 0.6 is 0 Å². The number of halogens is 1. The highest BCUT2D eigenvalue weighted by Gasteiger charge is 2.15. The summed E-state index contributed by atoms with van der Waals surface area (Å²) in [6, 6.07) is 6.71. The van der Waals surface area contributed by atoms with Crippen molar-refractivity contribution in [3.63, 3.8) is 0 Å². The Bertz CT molecular complexity index is 476. The summed E-state index contributed by atoms with van der Waals surface area (Å²) < 4.78 is 24.5. The van der Waals surface area contributed by atoms with Crippen molar-refractivity contribution in [3.05, 3.63) is 35.6 Å². The molecule has 0 amide bonds. The number of hydrogen-bond donors (Lipinski definition) is 2. The molecule has 0 radical (unpaired) electrons. The van der Waals surface area contributed by atoms with Gasteiger partial charge in [-0.2, -0.15) is 0 Å². The fraction of sp³-hybridized carbons (Fsp3) is 0.562. The van der Waals surface area contributed by atoms with Crippen LogP contribution in [0.5, 0.6) is 0 Å². The number of nitrogens with one attached hydrogen (secondary N) is 2. The van der Waals surface area contributed by atoms with Gasteiger partial charge >= 0.3 is 0 Å². The van der Waals surface area contributed by atoms with Crippen LogP contribution < -0.4 is 10.6 Å². The Balaban J connectivity index is 1.60. The first-order valence-electron chi connectivity index (χ1n) is 7.67. The molecule has 6 heteroatoms. The molecule has 2 rings (SSSR count). The van der Waals surface area contributed by atoms with Gasteiger partial charge in [0, 0.05) is 38.9 Å². The highest BCUT2D eigenvalue weighted by molar-refractivity contribution is 5.79. The minimum atomic E-state index is -0.211. The van der Waals surface area contributed by atoms with E-state index in [1.807, 2.05) is 6.07 Å². The van der Waals surface area contributed by atoms with Crippen LogP contribution in [0, 0.1) is 5.82 Å². The van der Waals surface area contributed by atoms with Gasteiger partial charge in [0.25, 0.3) is 0 Å². The smallest absolute Gasteiger partial charge is 0.191 e. The van der Waals surface area contributed by atoms with E-state index in [0.717, 1.165) is 26.0 Å². The van der Waals surface area contributed by atoms with Crippen molar-refractivity contribution in [1.29, 1.82) is 0 Å². The molecule has 1 heterocycles. The molecule has 0 spiro atoms. The van der Waals surface area contributed by atoms with Crippen molar-refractivity contribution < 1.29 is 13.9 Å². The van der Waals surface area contributed by atoms with Crippen LogP contribution in [-0.4, -0.2) is 45.5 Å². The summed E-state index contributed by atoms with van der Waals surface area (Å²) in [5, 5.41) is 6.29. The van der Waals surface area contributed by atoms with Gasteiger partial charge < -0.3 is 20.1 Å². The largest absolute Gasteiger partial charge is 0.379 e. The predicted molar refractivity (Wildman–Crippen MR) is 84.4 cm³/mol. The van der Waals surface area contributed by atoms with Crippen molar-refractivity contribution >= 4 is 5.96 Å². The van der Waals surface area contributed by atoms with Crippen LogP contribution in [-0.2, 0) is 16.0 Å². The van der Waals surface area contributed by atoms with E-state index >= 15 is 0 Å². The van der Waals surface area contributed by atoms with Gasteiger partial charge in [-0.3, -0.25) is 4.99 Å². The van der Waals surface area contributed by atoms with Crippen LogP contribution in [0.1, 0.15) is 18.4 Å². The second kappa shape index (κ2) is 9.38. The highest BCUT2D eigenvalue weighted by Crippen LogP contribution is 2.08. The molecule has 122 valence electrons. The van der Waals surface area contributed by atoms with Crippen LogP contribution in [0.25, 0.3) is 0 Å². The quantitative estimate of drug-likeness (QED) is 0.457. The van der Waals surface area contributed by atoms with Crippen LogP contribution in [0.3, 0.4) is 0 Å². The van der Waals surface area contributed by atoms with Gasteiger partial charge in [-0.1, -0.05) is 18.2 Å². The fourth-order valence-electron chi connectivity index (χ4n) is 2.21. The summed E-state index contributed by atoms with van der Waals surface area (Å²) in [7, 11) is 1.70. The lowest BCUT2D eigenvalue weighted by molar-refractivity contribution is 0.0420. The highest BCUT2D eigenvalue weighted by atomic mass is 19.1. The third-order valence-corrected chi connectivity index (χ3v) is 3.48. The third-order valence-electron chi connectivity index (χ3n) is 3.48. The molecule has 1 fully saturated rings. The first kappa shape index (κ1) is 16.7. The average Bonchev–Trinajstić information content (AvgIpc) is 3.05. The van der Waals surface area contributed by atoms with Crippen molar-refractivity contribution in [2.45, 2.75) is 25.5 Å². The van der Waals surface area contributed by atoms with Crippen molar-refractivity contribution in [3.8, 4) is 0 Å². The lowest BCUT2D eigenvalue weighted by Crippen LogP contribution is -2.37. The Kier molecular flexibility index (Phi) is 7.12. The molecule has 1 unspecified atom stereocenters. The Morgan fingerprint density at radius 1 is 1.41 bits per heavy atom. The van der Waals surface area contributed by atoms with E-state index in [1.54, 1.807) is 19.2 Å². The Morgan fingerprint density at radius 2 is 2.27 bits per heavy atom. The predicted octanol–water partition coefficient (Wildman–Crippen LogP) is 1.69. The molecule has 1 aromatic carbocycles. The van der Waals surface area contributed by atoms with Crippen LogP contribution in [0.2, 0.25) is 0 Å². The molecule has 0 saturated carbocycles. The van der Waals surface area contributed by atoms with Gasteiger partial charge in [0.05, 0.1) is 12.7 Å². The van der Waals surface area contributed by atoms with Crippen molar-refractivity contribution in [1.82, 2.24) is 10.6 Å². The van der Waals surface area contributed by atoms with Crippen molar-refractivity contribution in [2.75, 3.05) is 33.4 Å². The Hall–Kier alpha value is -1.66. The molecular formula is C16H24FN3O2. The third kappa shape index (κ3) is 5.61. The molecule has 22 heavy (non-hydrogen) atoms. The zero-order valence-corrected chi connectivity index (χ0v) is 13.0. The fourth-order valence-corrected chi connectivity index (χ4v) is 2.21. The standard InChI is InChI=1S/C16H24FN3O2/c1-18-16(20-11-13-5-2-3-6-15(13)17)19-8-4-9-22-14-7-10-21-12-14/h2-3,5-6,14H,4,7-12H2,1H3,(H2,18,19,20). The molecule has 1 atom stereocenters. The lowest BCUT2D eigenvalue weighted by Gasteiger charge is -2.13. The minimum Gasteiger partial charge on any atom is -0.379 e. The number of ether oxygens (including phenoxy) is 2. The Morgan fingerprint density at radius 3 is 3.00 bits per heavy atom. The minimum absolute atomic E-state index is 0.211. The maximum Gasteiger partial charge on any atom is 0.191 e. The summed E-state index contributed by atoms with van der Waals surface area (Å²) >= 11 is 0. The second-order valence-electron chi connectivity index (χ2n) is 5.15. The molecular weight excluding hydrogens is 285 g/mol. The van der Waals surface area contributed by atoms with Gasteiger partial charge in [-0.05, 0) is 18.9 Å². The molecule has 2 N–H and O–H groups in total. The summed E-state index contributed by atoms with van der Waals surface area (Å²) in [5.74, 6) is 0.449. The summed E-state index contributed by atoms with van der Waals surface area (Å²) in [6.07, 6.45) is 2.12. The monoisotopic (exact) mass is 309 g/mol. The molecule has 1 aliphatic rings. The number of aliphatic imine (C=N–C) groups is 1. The maximum atomic E-state index is 13.5. The molecule has 0 aromatic heterocycles. The molecule has 0 bridgehead atoms. The second-order valence-corrected chi connectivity index (χ2v) is 5.15. The number of benzene rings is 1. The SMILES string of the molecule is CN=C(NCCCOC1CCOC1)NCc1ccccc1F. The van der Waals surface area contributed by atoms with Crippen LogP contribution in [0.4, 0.5) is 4.39 Å². The van der Waals surface area contributed by atoms with Gasteiger partial charge in [0.15, 0.2) is 5.96 Å². The van der Waals surface area contributed by atoms with E-state index in [0.29, 0.717) is 31.3 Å². The summed E-state index contributed by atoms with van der Waals surface area (Å²) in [5.41, 5.74) is 0.620. The van der Waals surface area contributed by atoms with E-state index in [9.17, 15) is 4.39 Å². The van der Waals surface area contributed by atoms with Crippen molar-refractivity contribution in [2.24, 2.45) is 4.99 Å². The van der Waals surface area contributed by atoms with Gasteiger partial charge in [0.2, 0.25) is 0 Å². The number of hydrogen-bond acceptors (Lipinski definition) is 3. The molecule has 5 nitrogen and oxygen atoms in total.